The number of hydrogen-bond acceptors (Lipinski definition) is 2. The molecule has 15 heavy (non-hydrogen) atoms. The van der Waals surface area contributed by atoms with Crippen molar-refractivity contribution in [1.29, 1.82) is 0 Å². The van der Waals surface area contributed by atoms with Crippen molar-refractivity contribution in [2.75, 3.05) is 6.61 Å². The van der Waals surface area contributed by atoms with Gasteiger partial charge in [-0.15, -0.1) is 0 Å². The maximum Gasteiger partial charge on any atom is 0.123 e. The Hall–Kier alpha value is -0.930. The predicted molar refractivity (Wildman–Crippen MR) is 59.1 cm³/mol. The number of rotatable bonds is 5. The van der Waals surface area contributed by atoms with E-state index in [1.165, 1.54) is 12.1 Å². The molecule has 0 spiro atoms. The van der Waals surface area contributed by atoms with Gasteiger partial charge >= 0.3 is 0 Å². The van der Waals surface area contributed by atoms with Gasteiger partial charge in [0.15, 0.2) is 0 Å². The molecule has 1 aromatic rings. The molecule has 0 radical (unpaired) electrons. The SMILES string of the molecule is CC[C@@H](CO)NC(C)c1ccc(F)cc1. The van der Waals surface area contributed by atoms with Crippen LogP contribution in [0, 0.1) is 5.82 Å². The smallest absolute Gasteiger partial charge is 0.123 e. The van der Waals surface area contributed by atoms with Gasteiger partial charge in [0.05, 0.1) is 6.61 Å². The molecule has 0 heterocycles. The molecule has 0 aliphatic carbocycles. The molecule has 0 aromatic heterocycles. The van der Waals surface area contributed by atoms with E-state index in [-0.39, 0.29) is 24.5 Å². The molecule has 2 N–H and O–H groups in total. The van der Waals surface area contributed by atoms with Crippen LogP contribution in [-0.2, 0) is 0 Å². The van der Waals surface area contributed by atoms with Gasteiger partial charge in [0.25, 0.3) is 0 Å². The largest absolute Gasteiger partial charge is 0.395 e. The van der Waals surface area contributed by atoms with Gasteiger partial charge < -0.3 is 10.4 Å². The highest BCUT2D eigenvalue weighted by molar-refractivity contribution is 5.19. The van der Waals surface area contributed by atoms with Crippen molar-refractivity contribution in [3.8, 4) is 0 Å². The number of halogens is 1. The number of aliphatic hydroxyl groups excluding tert-OH is 1. The quantitative estimate of drug-likeness (QED) is 0.783. The van der Waals surface area contributed by atoms with Crippen molar-refractivity contribution in [1.82, 2.24) is 5.32 Å². The Morgan fingerprint density at radius 2 is 1.93 bits per heavy atom. The van der Waals surface area contributed by atoms with Crippen LogP contribution in [0.4, 0.5) is 4.39 Å². The summed E-state index contributed by atoms with van der Waals surface area (Å²) in [7, 11) is 0. The lowest BCUT2D eigenvalue weighted by Crippen LogP contribution is -2.33. The highest BCUT2D eigenvalue weighted by atomic mass is 19.1. The highest BCUT2D eigenvalue weighted by Gasteiger charge is 2.10. The minimum atomic E-state index is -0.222. The lowest BCUT2D eigenvalue weighted by Gasteiger charge is -2.20. The van der Waals surface area contributed by atoms with Gasteiger partial charge in [-0.1, -0.05) is 19.1 Å². The molecule has 3 heteroatoms. The molecule has 0 saturated carbocycles. The first-order valence-corrected chi connectivity index (χ1v) is 5.29. The fourth-order valence-electron chi connectivity index (χ4n) is 1.50. The van der Waals surface area contributed by atoms with Crippen molar-refractivity contribution >= 4 is 0 Å². The van der Waals surface area contributed by atoms with Crippen LogP contribution in [0.1, 0.15) is 31.9 Å². The Morgan fingerprint density at radius 3 is 2.40 bits per heavy atom. The second-order valence-electron chi connectivity index (χ2n) is 3.73. The van der Waals surface area contributed by atoms with E-state index in [1.54, 1.807) is 12.1 Å². The average molecular weight is 211 g/mol. The standard InChI is InChI=1S/C12H18FNO/c1-3-12(8-15)14-9(2)10-4-6-11(13)7-5-10/h4-7,9,12,14-15H,3,8H2,1-2H3/t9?,12-/m0/s1. The Balaban J connectivity index is 2.60. The fourth-order valence-corrected chi connectivity index (χ4v) is 1.50. The zero-order chi connectivity index (χ0) is 11.3. The normalized spacial score (nSPS) is 14.9. The van der Waals surface area contributed by atoms with Crippen LogP contribution in [0.5, 0.6) is 0 Å². The molecule has 0 aliphatic rings. The molecular formula is C12H18FNO. The van der Waals surface area contributed by atoms with Crippen molar-refractivity contribution in [2.45, 2.75) is 32.4 Å². The number of benzene rings is 1. The van der Waals surface area contributed by atoms with Crippen molar-refractivity contribution in [3.63, 3.8) is 0 Å². The molecule has 0 aliphatic heterocycles. The first-order chi connectivity index (χ1) is 7.17. The molecule has 1 unspecified atom stereocenters. The van der Waals surface area contributed by atoms with Crippen LogP contribution in [0.2, 0.25) is 0 Å². The zero-order valence-corrected chi connectivity index (χ0v) is 9.20. The first-order valence-electron chi connectivity index (χ1n) is 5.29. The lowest BCUT2D eigenvalue weighted by molar-refractivity contribution is 0.230. The van der Waals surface area contributed by atoms with E-state index in [0.29, 0.717) is 0 Å². The van der Waals surface area contributed by atoms with Crippen molar-refractivity contribution in [2.24, 2.45) is 0 Å². The van der Waals surface area contributed by atoms with Gasteiger partial charge in [-0.05, 0) is 31.0 Å². The first kappa shape index (κ1) is 12.1. The molecule has 84 valence electrons. The summed E-state index contributed by atoms with van der Waals surface area (Å²) in [5, 5.41) is 12.3. The van der Waals surface area contributed by atoms with E-state index in [1.807, 2.05) is 13.8 Å². The van der Waals surface area contributed by atoms with E-state index < -0.39 is 0 Å². The van der Waals surface area contributed by atoms with E-state index in [2.05, 4.69) is 5.32 Å². The van der Waals surface area contributed by atoms with E-state index in [0.717, 1.165) is 12.0 Å². The van der Waals surface area contributed by atoms with Gasteiger partial charge in [-0.3, -0.25) is 0 Å². The third-order valence-corrected chi connectivity index (χ3v) is 2.57. The van der Waals surface area contributed by atoms with Gasteiger partial charge in [0, 0.05) is 12.1 Å². The molecular weight excluding hydrogens is 193 g/mol. The second kappa shape index (κ2) is 5.83. The highest BCUT2D eigenvalue weighted by Crippen LogP contribution is 2.13. The fraction of sp³-hybridized carbons (Fsp3) is 0.500. The van der Waals surface area contributed by atoms with Crippen molar-refractivity contribution in [3.05, 3.63) is 35.6 Å². The Kier molecular flexibility index (Phi) is 4.72. The summed E-state index contributed by atoms with van der Waals surface area (Å²) in [4.78, 5) is 0. The third-order valence-electron chi connectivity index (χ3n) is 2.57. The van der Waals surface area contributed by atoms with Crippen molar-refractivity contribution < 1.29 is 9.50 Å². The van der Waals surface area contributed by atoms with Crippen LogP contribution in [-0.4, -0.2) is 17.8 Å². The summed E-state index contributed by atoms with van der Waals surface area (Å²) in [5.74, 6) is -0.222. The van der Waals surface area contributed by atoms with Gasteiger partial charge in [-0.2, -0.15) is 0 Å². The van der Waals surface area contributed by atoms with Crippen LogP contribution < -0.4 is 5.32 Å². The van der Waals surface area contributed by atoms with Gasteiger partial charge in [0.2, 0.25) is 0 Å². The third kappa shape index (κ3) is 3.61. The van der Waals surface area contributed by atoms with Crippen LogP contribution in [0.15, 0.2) is 24.3 Å². The summed E-state index contributed by atoms with van der Waals surface area (Å²) in [6.07, 6.45) is 0.877. The second-order valence-corrected chi connectivity index (χ2v) is 3.73. The summed E-state index contributed by atoms with van der Waals surface area (Å²) in [6.45, 7) is 4.15. The van der Waals surface area contributed by atoms with Crippen LogP contribution in [0.25, 0.3) is 0 Å². The van der Waals surface area contributed by atoms with E-state index in [9.17, 15) is 4.39 Å². The number of aliphatic hydroxyl groups is 1. The molecule has 1 rings (SSSR count). The van der Waals surface area contributed by atoms with E-state index in [4.69, 9.17) is 5.11 Å². The van der Waals surface area contributed by atoms with E-state index >= 15 is 0 Å². The zero-order valence-electron chi connectivity index (χ0n) is 9.20. The van der Waals surface area contributed by atoms with Crippen LogP contribution in [0.3, 0.4) is 0 Å². The lowest BCUT2D eigenvalue weighted by atomic mass is 10.1. The Labute approximate surface area is 90.1 Å². The molecule has 1 aromatic carbocycles. The molecule has 0 saturated heterocycles. The maximum atomic E-state index is 12.7. The predicted octanol–water partition coefficient (Wildman–Crippen LogP) is 2.25. The van der Waals surface area contributed by atoms with Gasteiger partial charge in [-0.25, -0.2) is 4.39 Å². The average Bonchev–Trinajstić information content (AvgIpc) is 2.26. The number of nitrogens with one attached hydrogen (secondary N) is 1. The van der Waals surface area contributed by atoms with Crippen LogP contribution >= 0.6 is 0 Å². The summed E-state index contributed by atoms with van der Waals surface area (Å²) < 4.78 is 12.7. The van der Waals surface area contributed by atoms with Gasteiger partial charge in [0.1, 0.15) is 5.82 Å². The molecule has 0 amide bonds. The summed E-state index contributed by atoms with van der Waals surface area (Å²) in [5.41, 5.74) is 1.03. The molecule has 2 atom stereocenters. The summed E-state index contributed by atoms with van der Waals surface area (Å²) in [6, 6.07) is 6.66. The summed E-state index contributed by atoms with van der Waals surface area (Å²) >= 11 is 0. The number of hydrogen-bond donors (Lipinski definition) is 2. The topological polar surface area (TPSA) is 32.3 Å². The molecule has 2 nitrogen and oxygen atoms in total. The monoisotopic (exact) mass is 211 g/mol. The Bertz CT molecular complexity index is 282. The minimum Gasteiger partial charge on any atom is -0.395 e. The molecule has 0 bridgehead atoms. The molecule has 0 fully saturated rings. The minimum absolute atomic E-state index is 0.102. The Morgan fingerprint density at radius 1 is 1.33 bits per heavy atom. The maximum absolute atomic E-state index is 12.7.